The first-order valence-corrected chi connectivity index (χ1v) is 10.7. The molecule has 0 aliphatic carbocycles. The summed E-state index contributed by atoms with van der Waals surface area (Å²) in [4.78, 5) is 27.1. The number of benzene rings is 1. The van der Waals surface area contributed by atoms with Crippen molar-refractivity contribution in [2.24, 2.45) is 5.92 Å². The van der Waals surface area contributed by atoms with Crippen LogP contribution in [0.5, 0.6) is 5.75 Å². The van der Waals surface area contributed by atoms with Crippen LogP contribution >= 0.6 is 0 Å². The number of amides is 2. The minimum absolute atomic E-state index is 0.0483. The molecule has 0 bridgehead atoms. The molecule has 1 aromatic rings. The van der Waals surface area contributed by atoms with Crippen LogP contribution in [0, 0.1) is 17.6 Å². The standard InChI is InChI=1S/C21H28F2N4O3/c22-16-11-15(30-18-1-2-19(28)25-21(18)29)12-17(23)20(16)27-9-7-26(8-10-27)13-14-3-5-24-6-4-14/h11-12,14,18,24H,1-10,13H2,(H,25,28,29). The summed E-state index contributed by atoms with van der Waals surface area (Å²) >= 11 is 0. The molecule has 0 radical (unpaired) electrons. The van der Waals surface area contributed by atoms with E-state index in [1.807, 2.05) is 0 Å². The summed E-state index contributed by atoms with van der Waals surface area (Å²) in [6.07, 6.45) is 1.76. The number of rotatable bonds is 5. The Bertz CT molecular complexity index is 769. The van der Waals surface area contributed by atoms with Crippen molar-refractivity contribution in [1.29, 1.82) is 0 Å². The molecule has 30 heavy (non-hydrogen) atoms. The Balaban J connectivity index is 1.35. The van der Waals surface area contributed by atoms with Gasteiger partial charge in [-0.25, -0.2) is 8.78 Å². The quantitative estimate of drug-likeness (QED) is 0.697. The zero-order valence-corrected chi connectivity index (χ0v) is 17.0. The van der Waals surface area contributed by atoms with E-state index in [0.29, 0.717) is 19.0 Å². The van der Waals surface area contributed by atoms with Crippen molar-refractivity contribution in [2.45, 2.75) is 31.8 Å². The number of nitrogens with zero attached hydrogens (tertiary/aromatic N) is 2. The van der Waals surface area contributed by atoms with E-state index in [1.54, 1.807) is 4.90 Å². The predicted molar refractivity (Wildman–Crippen MR) is 107 cm³/mol. The highest BCUT2D eigenvalue weighted by molar-refractivity contribution is 5.99. The van der Waals surface area contributed by atoms with Gasteiger partial charge < -0.3 is 15.0 Å². The molecular formula is C21H28F2N4O3. The number of halogens is 2. The number of hydrogen-bond donors (Lipinski definition) is 2. The average Bonchev–Trinajstić information content (AvgIpc) is 2.72. The molecule has 3 fully saturated rings. The van der Waals surface area contributed by atoms with Gasteiger partial charge in [0.25, 0.3) is 5.91 Å². The summed E-state index contributed by atoms with van der Waals surface area (Å²) in [6.45, 7) is 5.84. The SMILES string of the molecule is O=C1CCC(Oc2cc(F)c(N3CCN(CC4CCNCC4)CC3)c(F)c2)C(=O)N1. The average molecular weight is 422 g/mol. The molecule has 3 aliphatic rings. The molecule has 1 atom stereocenters. The minimum atomic E-state index is -0.925. The van der Waals surface area contributed by atoms with Gasteiger partial charge in [0, 0.05) is 57.7 Å². The molecule has 3 heterocycles. The van der Waals surface area contributed by atoms with Gasteiger partial charge in [-0.2, -0.15) is 0 Å². The van der Waals surface area contributed by atoms with Gasteiger partial charge >= 0.3 is 0 Å². The second-order valence-corrected chi connectivity index (χ2v) is 8.27. The van der Waals surface area contributed by atoms with Gasteiger partial charge in [0.2, 0.25) is 5.91 Å². The van der Waals surface area contributed by atoms with Crippen molar-refractivity contribution in [2.75, 3.05) is 50.7 Å². The number of carbonyl (C=O) groups excluding carboxylic acids is 2. The van der Waals surface area contributed by atoms with Gasteiger partial charge in [-0.05, 0) is 31.8 Å². The van der Waals surface area contributed by atoms with E-state index in [1.165, 1.54) is 12.8 Å². The van der Waals surface area contributed by atoms with Crippen LogP contribution in [-0.4, -0.2) is 68.6 Å². The van der Waals surface area contributed by atoms with Gasteiger partial charge in [-0.1, -0.05) is 0 Å². The fraction of sp³-hybridized carbons (Fsp3) is 0.619. The van der Waals surface area contributed by atoms with Gasteiger partial charge in [0.15, 0.2) is 17.7 Å². The predicted octanol–water partition coefficient (Wildman–Crippen LogP) is 1.27. The number of hydrogen-bond acceptors (Lipinski definition) is 6. The van der Waals surface area contributed by atoms with Crippen LogP contribution in [0.15, 0.2) is 12.1 Å². The van der Waals surface area contributed by atoms with Gasteiger partial charge in [-0.3, -0.25) is 19.8 Å². The van der Waals surface area contributed by atoms with E-state index >= 15 is 0 Å². The lowest BCUT2D eigenvalue weighted by Crippen LogP contribution is -2.49. The summed E-state index contributed by atoms with van der Waals surface area (Å²) in [5, 5.41) is 5.54. The molecule has 9 heteroatoms. The fourth-order valence-corrected chi connectivity index (χ4v) is 4.45. The monoisotopic (exact) mass is 422 g/mol. The van der Waals surface area contributed by atoms with Crippen LogP contribution in [0.3, 0.4) is 0 Å². The smallest absolute Gasteiger partial charge is 0.267 e. The Morgan fingerprint density at radius 1 is 1.00 bits per heavy atom. The van der Waals surface area contributed by atoms with Crippen molar-refractivity contribution >= 4 is 17.5 Å². The first-order chi connectivity index (χ1) is 14.5. The molecule has 164 valence electrons. The molecule has 7 nitrogen and oxygen atoms in total. The van der Waals surface area contributed by atoms with Gasteiger partial charge in [0.05, 0.1) is 0 Å². The van der Waals surface area contributed by atoms with E-state index in [-0.39, 0.29) is 30.2 Å². The maximum atomic E-state index is 14.7. The second kappa shape index (κ2) is 9.26. The van der Waals surface area contributed by atoms with Crippen molar-refractivity contribution in [3.8, 4) is 5.75 Å². The molecule has 0 aromatic heterocycles. The van der Waals surface area contributed by atoms with Crippen LogP contribution in [0.4, 0.5) is 14.5 Å². The first-order valence-electron chi connectivity index (χ1n) is 10.7. The lowest BCUT2D eigenvalue weighted by atomic mass is 9.97. The molecule has 2 amide bonds. The van der Waals surface area contributed by atoms with Crippen LogP contribution < -0.4 is 20.3 Å². The number of nitrogens with one attached hydrogen (secondary N) is 2. The maximum absolute atomic E-state index is 14.7. The highest BCUT2D eigenvalue weighted by Crippen LogP contribution is 2.30. The van der Waals surface area contributed by atoms with E-state index in [0.717, 1.165) is 44.9 Å². The number of anilines is 1. The second-order valence-electron chi connectivity index (χ2n) is 8.27. The Morgan fingerprint density at radius 3 is 2.30 bits per heavy atom. The molecule has 3 saturated heterocycles. The number of piperazine rings is 1. The number of ether oxygens (including phenoxy) is 1. The molecule has 3 aliphatic heterocycles. The minimum Gasteiger partial charge on any atom is -0.480 e. The molecule has 4 rings (SSSR count). The molecular weight excluding hydrogens is 394 g/mol. The Labute approximate surface area is 174 Å². The van der Waals surface area contributed by atoms with Crippen LogP contribution in [0.2, 0.25) is 0 Å². The van der Waals surface area contributed by atoms with Gasteiger partial charge in [-0.15, -0.1) is 0 Å². The lowest BCUT2D eigenvalue weighted by molar-refractivity contribution is -0.138. The number of imide groups is 1. The normalized spacial score (nSPS) is 24.1. The summed E-state index contributed by atoms with van der Waals surface area (Å²) in [7, 11) is 0. The third-order valence-corrected chi connectivity index (χ3v) is 6.12. The molecule has 0 spiro atoms. The van der Waals surface area contributed by atoms with Crippen LogP contribution in [0.25, 0.3) is 0 Å². The third-order valence-electron chi connectivity index (χ3n) is 6.12. The largest absolute Gasteiger partial charge is 0.480 e. The Morgan fingerprint density at radius 2 is 1.67 bits per heavy atom. The molecule has 1 unspecified atom stereocenters. The van der Waals surface area contributed by atoms with Crippen molar-refractivity contribution < 1.29 is 23.1 Å². The summed E-state index contributed by atoms with van der Waals surface area (Å²) in [5.74, 6) is -1.72. The zero-order chi connectivity index (χ0) is 21.1. The third kappa shape index (κ3) is 4.89. The van der Waals surface area contributed by atoms with Gasteiger partial charge in [0.1, 0.15) is 11.4 Å². The summed E-state index contributed by atoms with van der Waals surface area (Å²) in [6, 6.07) is 2.23. The molecule has 2 N–H and O–H groups in total. The van der Waals surface area contributed by atoms with Crippen LogP contribution in [-0.2, 0) is 9.59 Å². The zero-order valence-electron chi connectivity index (χ0n) is 17.0. The summed E-state index contributed by atoms with van der Waals surface area (Å²) in [5.41, 5.74) is -0.0489. The van der Waals surface area contributed by atoms with E-state index < -0.39 is 23.6 Å². The topological polar surface area (TPSA) is 73.9 Å². The maximum Gasteiger partial charge on any atom is 0.267 e. The number of piperidine rings is 2. The highest BCUT2D eigenvalue weighted by Gasteiger charge is 2.30. The summed E-state index contributed by atoms with van der Waals surface area (Å²) < 4.78 is 34.9. The van der Waals surface area contributed by atoms with Crippen molar-refractivity contribution in [1.82, 2.24) is 15.5 Å². The van der Waals surface area contributed by atoms with Crippen molar-refractivity contribution in [3.63, 3.8) is 0 Å². The Hall–Kier alpha value is -2.26. The van der Waals surface area contributed by atoms with E-state index in [2.05, 4.69) is 15.5 Å². The molecule has 0 saturated carbocycles. The van der Waals surface area contributed by atoms with E-state index in [9.17, 15) is 18.4 Å². The van der Waals surface area contributed by atoms with Crippen molar-refractivity contribution in [3.05, 3.63) is 23.8 Å². The first kappa shape index (κ1) is 21.0. The highest BCUT2D eigenvalue weighted by atomic mass is 19.1. The lowest BCUT2D eigenvalue weighted by Gasteiger charge is -2.38. The van der Waals surface area contributed by atoms with E-state index in [4.69, 9.17) is 4.74 Å². The fourth-order valence-electron chi connectivity index (χ4n) is 4.45. The Kier molecular flexibility index (Phi) is 6.48. The molecule has 1 aromatic carbocycles. The van der Waals surface area contributed by atoms with Crippen LogP contribution in [0.1, 0.15) is 25.7 Å². The number of carbonyl (C=O) groups is 2.